The van der Waals surface area contributed by atoms with Crippen LogP contribution < -0.4 is 0 Å². The summed E-state index contributed by atoms with van der Waals surface area (Å²) >= 11 is 4.52. The molecular weight excluding hydrogens is 350 g/mol. The first-order chi connectivity index (χ1) is 5.43. The van der Waals surface area contributed by atoms with Gasteiger partial charge in [0.2, 0.25) is 0 Å². The Morgan fingerprint density at radius 3 is 2.42 bits per heavy atom. The van der Waals surface area contributed by atoms with Crippen LogP contribution in [0.5, 0.6) is 0 Å². The van der Waals surface area contributed by atoms with Crippen molar-refractivity contribution >= 4 is 38.5 Å². The van der Waals surface area contributed by atoms with E-state index in [0.29, 0.717) is 0 Å². The molecule has 6 heteroatoms. The fourth-order valence-electron chi connectivity index (χ4n) is 0.637. The first-order valence-electron chi connectivity index (χ1n) is 2.80. The molecule has 1 aromatic rings. The average Bonchev–Trinajstić information content (AvgIpc) is 1.92. The van der Waals surface area contributed by atoms with Crippen molar-refractivity contribution in [3.05, 3.63) is 26.0 Å². The van der Waals surface area contributed by atoms with Crippen LogP contribution in [0.25, 0.3) is 0 Å². The second-order valence-corrected chi connectivity index (χ2v) is 3.79. The predicted octanol–water partition coefficient (Wildman–Crippen LogP) is 3.47. The third-order valence-corrected chi connectivity index (χ3v) is 3.59. The molecule has 66 valence electrons. The molecule has 1 aromatic heterocycles. The van der Waals surface area contributed by atoms with Crippen LogP contribution in [0.3, 0.4) is 0 Å². The highest BCUT2D eigenvalue weighted by Gasteiger charge is 2.33. The molecule has 12 heavy (non-hydrogen) atoms. The molecule has 0 aliphatic carbocycles. The summed E-state index contributed by atoms with van der Waals surface area (Å²) in [7, 11) is 0. The van der Waals surface area contributed by atoms with Crippen molar-refractivity contribution in [2.24, 2.45) is 0 Å². The van der Waals surface area contributed by atoms with Gasteiger partial charge >= 0.3 is 6.18 Å². The number of nitrogens with zero attached hydrogens (tertiary/aromatic N) is 1. The zero-order valence-corrected chi connectivity index (χ0v) is 9.24. The molecule has 0 bridgehead atoms. The minimum absolute atomic E-state index is 0.0857. The highest BCUT2D eigenvalue weighted by atomic mass is 127. The standard InChI is InChI=1S/C6H2BrF3IN/c7-5-4(11)3(1-2-12-5)6(8,9)10/h1-2H. The van der Waals surface area contributed by atoms with Crippen LogP contribution in [-0.4, -0.2) is 4.98 Å². The Labute approximate surface area is 88.6 Å². The van der Waals surface area contributed by atoms with E-state index >= 15 is 0 Å². The average molecular weight is 352 g/mol. The van der Waals surface area contributed by atoms with Crippen LogP contribution in [0.4, 0.5) is 13.2 Å². The van der Waals surface area contributed by atoms with Crippen molar-refractivity contribution in [3.63, 3.8) is 0 Å². The molecule has 0 aliphatic rings. The molecule has 0 spiro atoms. The summed E-state index contributed by atoms with van der Waals surface area (Å²) in [5.74, 6) is 0. The molecule has 0 fully saturated rings. The zero-order chi connectivity index (χ0) is 9.35. The lowest BCUT2D eigenvalue weighted by atomic mass is 10.3. The Morgan fingerprint density at radius 1 is 1.42 bits per heavy atom. The molecule has 1 heterocycles. The molecule has 0 amide bonds. The monoisotopic (exact) mass is 351 g/mol. The Bertz CT molecular complexity index is 299. The number of hydrogen-bond donors (Lipinski definition) is 0. The molecule has 0 aromatic carbocycles. The number of pyridine rings is 1. The number of rotatable bonds is 0. The van der Waals surface area contributed by atoms with Gasteiger partial charge in [0.05, 0.1) is 9.13 Å². The topological polar surface area (TPSA) is 12.9 Å². The number of hydrogen-bond acceptors (Lipinski definition) is 1. The highest BCUT2D eigenvalue weighted by Crippen LogP contribution is 2.34. The Balaban J connectivity index is 3.26. The van der Waals surface area contributed by atoms with Crippen LogP contribution in [0.2, 0.25) is 0 Å². The lowest BCUT2D eigenvalue weighted by molar-refractivity contribution is -0.138. The summed E-state index contributed by atoms with van der Waals surface area (Å²) in [6.07, 6.45) is -3.18. The third-order valence-electron chi connectivity index (χ3n) is 1.15. The summed E-state index contributed by atoms with van der Waals surface area (Å²) in [5, 5.41) is 0. The fourth-order valence-corrected chi connectivity index (χ4v) is 1.59. The van der Waals surface area contributed by atoms with Crippen LogP contribution in [0.1, 0.15) is 5.56 Å². The van der Waals surface area contributed by atoms with Crippen molar-refractivity contribution in [3.8, 4) is 0 Å². The van der Waals surface area contributed by atoms with Gasteiger partial charge in [-0.05, 0) is 44.6 Å². The van der Waals surface area contributed by atoms with Gasteiger partial charge in [0, 0.05) is 6.20 Å². The van der Waals surface area contributed by atoms with Gasteiger partial charge in [-0.2, -0.15) is 13.2 Å². The van der Waals surface area contributed by atoms with E-state index in [-0.39, 0.29) is 8.17 Å². The number of halogens is 5. The van der Waals surface area contributed by atoms with Gasteiger partial charge in [0.1, 0.15) is 4.60 Å². The molecule has 0 radical (unpaired) electrons. The van der Waals surface area contributed by atoms with Crippen molar-refractivity contribution in [2.75, 3.05) is 0 Å². The minimum atomic E-state index is -4.30. The Morgan fingerprint density at radius 2 is 2.00 bits per heavy atom. The van der Waals surface area contributed by atoms with Gasteiger partial charge < -0.3 is 0 Å². The first-order valence-corrected chi connectivity index (χ1v) is 4.67. The molecule has 0 saturated carbocycles. The summed E-state index contributed by atoms with van der Waals surface area (Å²) in [6, 6.07) is 0.951. The molecule has 0 N–H and O–H groups in total. The van der Waals surface area contributed by atoms with E-state index in [1.807, 2.05) is 0 Å². The number of aromatic nitrogens is 1. The van der Waals surface area contributed by atoms with E-state index in [1.54, 1.807) is 22.6 Å². The van der Waals surface area contributed by atoms with E-state index < -0.39 is 11.7 Å². The van der Waals surface area contributed by atoms with Crippen molar-refractivity contribution in [1.29, 1.82) is 0 Å². The SMILES string of the molecule is FC(F)(F)c1ccnc(Br)c1I. The van der Waals surface area contributed by atoms with E-state index in [0.717, 1.165) is 12.3 Å². The molecule has 0 aliphatic heterocycles. The van der Waals surface area contributed by atoms with E-state index in [9.17, 15) is 13.2 Å². The zero-order valence-electron chi connectivity index (χ0n) is 5.49. The first kappa shape index (κ1) is 10.2. The maximum Gasteiger partial charge on any atom is 0.417 e. The molecule has 1 rings (SSSR count). The molecule has 0 unspecified atom stereocenters. The van der Waals surface area contributed by atoms with E-state index in [2.05, 4.69) is 20.9 Å². The maximum atomic E-state index is 12.2. The molecule has 0 saturated heterocycles. The maximum absolute atomic E-state index is 12.2. The molecule has 1 nitrogen and oxygen atoms in total. The lowest BCUT2D eigenvalue weighted by Crippen LogP contribution is -2.08. The second kappa shape index (κ2) is 3.49. The normalized spacial score (nSPS) is 11.8. The summed E-state index contributed by atoms with van der Waals surface area (Å²) in [6.45, 7) is 0. The quantitative estimate of drug-likeness (QED) is 0.515. The number of alkyl halides is 3. The highest BCUT2D eigenvalue weighted by molar-refractivity contribution is 14.1. The van der Waals surface area contributed by atoms with Crippen molar-refractivity contribution < 1.29 is 13.2 Å². The lowest BCUT2D eigenvalue weighted by Gasteiger charge is -2.08. The third kappa shape index (κ3) is 2.09. The second-order valence-electron chi connectivity index (χ2n) is 1.96. The molecule has 0 atom stereocenters. The van der Waals surface area contributed by atoms with Gasteiger partial charge in [-0.3, -0.25) is 0 Å². The largest absolute Gasteiger partial charge is 0.417 e. The van der Waals surface area contributed by atoms with Gasteiger partial charge in [-0.25, -0.2) is 4.98 Å². The van der Waals surface area contributed by atoms with Crippen LogP contribution in [-0.2, 0) is 6.18 Å². The Hall–Kier alpha value is 0.150. The summed E-state index contributed by atoms with van der Waals surface area (Å²) in [5.41, 5.74) is -0.662. The van der Waals surface area contributed by atoms with Crippen LogP contribution in [0, 0.1) is 3.57 Å². The van der Waals surface area contributed by atoms with E-state index in [4.69, 9.17) is 0 Å². The van der Waals surface area contributed by atoms with Crippen LogP contribution in [0.15, 0.2) is 16.9 Å². The Kier molecular flexibility index (Phi) is 2.97. The van der Waals surface area contributed by atoms with Crippen molar-refractivity contribution in [2.45, 2.75) is 6.18 Å². The molecular formula is C6H2BrF3IN. The van der Waals surface area contributed by atoms with Gasteiger partial charge in [0.15, 0.2) is 0 Å². The predicted molar refractivity (Wildman–Crippen MR) is 49.7 cm³/mol. The van der Waals surface area contributed by atoms with Gasteiger partial charge in [-0.15, -0.1) is 0 Å². The smallest absolute Gasteiger partial charge is 0.248 e. The van der Waals surface area contributed by atoms with Crippen LogP contribution >= 0.6 is 38.5 Å². The minimum Gasteiger partial charge on any atom is -0.248 e. The summed E-state index contributed by atoms with van der Waals surface area (Å²) < 4.78 is 36.8. The van der Waals surface area contributed by atoms with Crippen molar-refractivity contribution in [1.82, 2.24) is 4.98 Å². The van der Waals surface area contributed by atoms with Gasteiger partial charge in [0.25, 0.3) is 0 Å². The summed E-state index contributed by atoms with van der Waals surface area (Å²) in [4.78, 5) is 3.66. The van der Waals surface area contributed by atoms with E-state index in [1.165, 1.54) is 0 Å². The fraction of sp³-hybridized carbons (Fsp3) is 0.167. The van der Waals surface area contributed by atoms with Gasteiger partial charge in [-0.1, -0.05) is 0 Å².